The fraction of sp³-hybridized carbons (Fsp3) is 0.833. The van der Waals surface area contributed by atoms with Crippen LogP contribution < -0.4 is 0 Å². The Morgan fingerprint density at radius 1 is 1.31 bits per heavy atom. The lowest BCUT2D eigenvalue weighted by Crippen LogP contribution is -2.13. The number of hydrogen-bond donors (Lipinski definition) is 0. The monoisotopic (exact) mass is 244 g/mol. The van der Waals surface area contributed by atoms with Gasteiger partial charge in [-0.05, 0) is 31.6 Å². The zero-order chi connectivity index (χ0) is 9.68. The molecule has 1 rings (SSSR count). The van der Waals surface area contributed by atoms with Crippen LogP contribution in [-0.2, 0) is 0 Å². The Labute approximate surface area is 90.9 Å². The summed E-state index contributed by atoms with van der Waals surface area (Å²) in [6.07, 6.45) is 9.41. The molecule has 1 aliphatic carbocycles. The van der Waals surface area contributed by atoms with E-state index in [4.69, 9.17) is 0 Å². The molecule has 0 bridgehead atoms. The van der Waals surface area contributed by atoms with Gasteiger partial charge in [0.2, 0.25) is 0 Å². The molecule has 2 unspecified atom stereocenters. The van der Waals surface area contributed by atoms with E-state index in [9.17, 15) is 0 Å². The Hall–Kier alpha value is 0.220. The number of rotatable bonds is 3. The summed E-state index contributed by atoms with van der Waals surface area (Å²) in [5, 5.41) is 0. The number of alkyl halides is 1. The van der Waals surface area contributed by atoms with Gasteiger partial charge in [-0.25, -0.2) is 0 Å². The minimum absolute atomic E-state index is 0.748. The van der Waals surface area contributed by atoms with Crippen LogP contribution in [0.15, 0.2) is 12.2 Å². The van der Waals surface area contributed by atoms with Crippen molar-refractivity contribution in [2.45, 2.75) is 56.7 Å². The summed E-state index contributed by atoms with van der Waals surface area (Å²) >= 11 is 3.82. The molecule has 13 heavy (non-hydrogen) atoms. The second-order valence-electron chi connectivity index (χ2n) is 4.22. The Balaban J connectivity index is 2.40. The molecule has 0 heterocycles. The van der Waals surface area contributed by atoms with Crippen LogP contribution in [0.1, 0.15) is 51.9 Å². The molecule has 0 nitrogen and oxygen atoms in total. The van der Waals surface area contributed by atoms with Crippen LogP contribution in [0.2, 0.25) is 0 Å². The highest BCUT2D eigenvalue weighted by atomic mass is 79.9. The van der Waals surface area contributed by atoms with Crippen LogP contribution >= 0.6 is 15.9 Å². The fourth-order valence-electron chi connectivity index (χ4n) is 2.08. The van der Waals surface area contributed by atoms with E-state index >= 15 is 0 Å². The molecule has 1 heteroatoms. The summed E-state index contributed by atoms with van der Waals surface area (Å²) in [6, 6.07) is 0. The highest BCUT2D eigenvalue weighted by Crippen LogP contribution is 2.33. The van der Waals surface area contributed by atoms with E-state index in [0.717, 1.165) is 17.2 Å². The first-order valence-corrected chi connectivity index (χ1v) is 6.46. The molecule has 0 aromatic carbocycles. The Morgan fingerprint density at radius 2 is 2.00 bits per heavy atom. The summed E-state index contributed by atoms with van der Waals surface area (Å²) in [4.78, 5) is 0.748. The van der Waals surface area contributed by atoms with Gasteiger partial charge in [-0.1, -0.05) is 54.3 Å². The van der Waals surface area contributed by atoms with Gasteiger partial charge in [0.25, 0.3) is 0 Å². The first-order valence-electron chi connectivity index (χ1n) is 5.54. The van der Waals surface area contributed by atoms with Crippen molar-refractivity contribution < 1.29 is 0 Å². The summed E-state index contributed by atoms with van der Waals surface area (Å²) in [7, 11) is 0. The lowest BCUT2D eigenvalue weighted by molar-refractivity contribution is 0.470. The minimum atomic E-state index is 0.748. The molecule has 2 atom stereocenters. The molecular weight excluding hydrogens is 224 g/mol. The second-order valence-corrected chi connectivity index (χ2v) is 5.40. The second kappa shape index (κ2) is 5.85. The Kier molecular flexibility index (Phi) is 5.08. The Morgan fingerprint density at radius 3 is 2.69 bits per heavy atom. The summed E-state index contributed by atoms with van der Waals surface area (Å²) in [5.74, 6) is 0.856. The molecule has 0 saturated heterocycles. The van der Waals surface area contributed by atoms with E-state index in [1.54, 1.807) is 0 Å². The van der Waals surface area contributed by atoms with E-state index in [1.807, 2.05) is 0 Å². The van der Waals surface area contributed by atoms with E-state index < -0.39 is 0 Å². The van der Waals surface area contributed by atoms with Gasteiger partial charge in [-0.3, -0.25) is 0 Å². The highest BCUT2D eigenvalue weighted by molar-refractivity contribution is 9.09. The largest absolute Gasteiger partial charge is 0.0999 e. The fourth-order valence-corrected chi connectivity index (χ4v) is 2.86. The SMILES string of the molecule is C=C(CC)CC1CCCCCC1Br. The van der Waals surface area contributed by atoms with Crippen molar-refractivity contribution in [3.8, 4) is 0 Å². The first kappa shape index (κ1) is 11.3. The van der Waals surface area contributed by atoms with Gasteiger partial charge in [0.05, 0.1) is 0 Å². The van der Waals surface area contributed by atoms with Crippen LogP contribution in [0.4, 0.5) is 0 Å². The summed E-state index contributed by atoms with van der Waals surface area (Å²) in [5.41, 5.74) is 1.43. The standard InChI is InChI=1S/C12H21Br/c1-3-10(2)9-11-7-5-4-6-8-12(11)13/h11-12H,2-9H2,1H3. The van der Waals surface area contributed by atoms with Gasteiger partial charge in [0.15, 0.2) is 0 Å². The van der Waals surface area contributed by atoms with Crippen molar-refractivity contribution in [2.75, 3.05) is 0 Å². The van der Waals surface area contributed by atoms with Crippen molar-refractivity contribution in [1.82, 2.24) is 0 Å². The van der Waals surface area contributed by atoms with Crippen molar-refractivity contribution in [3.63, 3.8) is 0 Å². The summed E-state index contributed by atoms with van der Waals surface area (Å²) < 4.78 is 0. The zero-order valence-corrected chi connectivity index (χ0v) is 10.3. The quantitative estimate of drug-likeness (QED) is 0.384. The molecule has 0 aliphatic heterocycles. The van der Waals surface area contributed by atoms with Gasteiger partial charge in [0, 0.05) is 4.83 Å². The normalized spacial score (nSPS) is 29.7. The lowest BCUT2D eigenvalue weighted by Gasteiger charge is -2.20. The van der Waals surface area contributed by atoms with E-state index in [-0.39, 0.29) is 0 Å². The van der Waals surface area contributed by atoms with E-state index in [1.165, 1.54) is 44.1 Å². The van der Waals surface area contributed by atoms with Gasteiger partial charge in [-0.2, -0.15) is 0 Å². The third kappa shape index (κ3) is 3.84. The predicted molar refractivity (Wildman–Crippen MR) is 63.3 cm³/mol. The number of allylic oxidation sites excluding steroid dienone is 1. The van der Waals surface area contributed by atoms with Crippen molar-refractivity contribution in [1.29, 1.82) is 0 Å². The topological polar surface area (TPSA) is 0 Å². The highest BCUT2D eigenvalue weighted by Gasteiger charge is 2.21. The summed E-state index contributed by atoms with van der Waals surface area (Å²) in [6.45, 7) is 6.32. The minimum Gasteiger partial charge on any atom is -0.0999 e. The smallest absolute Gasteiger partial charge is 0.0177 e. The lowest BCUT2D eigenvalue weighted by atomic mass is 9.92. The van der Waals surface area contributed by atoms with Gasteiger partial charge < -0.3 is 0 Å². The molecule has 1 fully saturated rings. The molecule has 0 N–H and O–H groups in total. The van der Waals surface area contributed by atoms with Crippen LogP contribution in [0.3, 0.4) is 0 Å². The Bertz CT molecular complexity index is 163. The first-order chi connectivity index (χ1) is 6.24. The molecule has 0 aromatic heterocycles. The third-order valence-electron chi connectivity index (χ3n) is 3.12. The molecule has 1 saturated carbocycles. The zero-order valence-electron chi connectivity index (χ0n) is 8.69. The van der Waals surface area contributed by atoms with Gasteiger partial charge in [0.1, 0.15) is 0 Å². The van der Waals surface area contributed by atoms with Gasteiger partial charge >= 0.3 is 0 Å². The molecule has 0 aromatic rings. The van der Waals surface area contributed by atoms with Crippen molar-refractivity contribution in [2.24, 2.45) is 5.92 Å². The maximum Gasteiger partial charge on any atom is 0.0177 e. The van der Waals surface area contributed by atoms with E-state index in [0.29, 0.717) is 0 Å². The number of hydrogen-bond acceptors (Lipinski definition) is 0. The number of halogens is 1. The average Bonchev–Trinajstić information content (AvgIpc) is 2.32. The molecule has 0 spiro atoms. The maximum atomic E-state index is 4.11. The molecular formula is C12H21Br. The van der Waals surface area contributed by atoms with Crippen molar-refractivity contribution in [3.05, 3.63) is 12.2 Å². The predicted octanol–water partition coefficient (Wildman–Crippen LogP) is 4.69. The molecule has 0 amide bonds. The van der Waals surface area contributed by atoms with Crippen LogP contribution in [0.5, 0.6) is 0 Å². The van der Waals surface area contributed by atoms with Crippen LogP contribution in [0, 0.1) is 5.92 Å². The van der Waals surface area contributed by atoms with Crippen LogP contribution in [0.25, 0.3) is 0 Å². The van der Waals surface area contributed by atoms with E-state index in [2.05, 4.69) is 29.4 Å². The maximum absolute atomic E-state index is 4.11. The van der Waals surface area contributed by atoms with Crippen molar-refractivity contribution >= 4 is 15.9 Å². The molecule has 76 valence electrons. The van der Waals surface area contributed by atoms with Crippen LogP contribution in [-0.4, -0.2) is 4.83 Å². The molecule has 0 radical (unpaired) electrons. The third-order valence-corrected chi connectivity index (χ3v) is 4.32. The van der Waals surface area contributed by atoms with Gasteiger partial charge in [-0.15, -0.1) is 0 Å². The average molecular weight is 245 g/mol. The molecule has 1 aliphatic rings.